The number of nitrogens with one attached hydrogen (secondary N) is 1. The van der Waals surface area contributed by atoms with E-state index in [9.17, 15) is 14.7 Å². The molecule has 2 N–H and O–H groups in total. The zero-order valence-corrected chi connectivity index (χ0v) is 14.1. The minimum atomic E-state index is -1.82. The Kier molecular flexibility index (Phi) is 3.09. The highest BCUT2D eigenvalue weighted by atomic mass is 16.3. The molecular formula is C22H17NO3. The van der Waals surface area contributed by atoms with Crippen LogP contribution in [0.5, 0.6) is 0 Å². The maximum atomic E-state index is 13.1. The molecule has 4 nitrogen and oxygen atoms in total. The molecule has 0 fully saturated rings. The fourth-order valence-corrected chi connectivity index (χ4v) is 4.29. The van der Waals surface area contributed by atoms with Crippen molar-refractivity contribution in [1.82, 2.24) is 0 Å². The molecule has 0 spiro atoms. The number of para-hydroxylation sites is 1. The molecule has 0 saturated heterocycles. The minimum absolute atomic E-state index is 0.227. The summed E-state index contributed by atoms with van der Waals surface area (Å²) in [7, 11) is 0. The number of rotatable bonds is 3. The first-order chi connectivity index (χ1) is 12.6. The maximum Gasteiger partial charge on any atom is 0.261 e. The summed E-state index contributed by atoms with van der Waals surface area (Å²) in [6.45, 7) is 0. The normalized spacial score (nSPS) is 20.3. The SMILES string of the molecule is O=C(CC1(O)C(=O)Nc2ccccc21)c1ccc2c3c(cccc13)CC2. The van der Waals surface area contributed by atoms with Gasteiger partial charge in [-0.15, -0.1) is 0 Å². The van der Waals surface area contributed by atoms with Crippen molar-refractivity contribution in [1.29, 1.82) is 0 Å². The summed E-state index contributed by atoms with van der Waals surface area (Å²) in [5.74, 6) is -0.770. The van der Waals surface area contributed by atoms with Crippen molar-refractivity contribution in [3.05, 3.63) is 76.9 Å². The molecule has 2 aliphatic rings. The second-order valence-electron chi connectivity index (χ2n) is 7.07. The number of benzene rings is 3. The molecule has 1 aliphatic carbocycles. The van der Waals surface area contributed by atoms with Gasteiger partial charge in [-0.05, 0) is 40.8 Å². The van der Waals surface area contributed by atoms with Crippen LogP contribution in [0.4, 0.5) is 5.69 Å². The molecule has 5 rings (SSSR count). The lowest BCUT2D eigenvalue weighted by atomic mass is 9.86. The number of hydrogen-bond donors (Lipinski definition) is 2. The van der Waals surface area contributed by atoms with Crippen molar-refractivity contribution < 1.29 is 14.7 Å². The number of carbonyl (C=O) groups excluding carboxylic acids is 2. The summed E-state index contributed by atoms with van der Waals surface area (Å²) < 4.78 is 0. The van der Waals surface area contributed by atoms with Gasteiger partial charge in [0.2, 0.25) is 0 Å². The number of carbonyl (C=O) groups is 2. The quantitative estimate of drug-likeness (QED) is 0.717. The summed E-state index contributed by atoms with van der Waals surface area (Å²) in [5, 5.41) is 15.7. The minimum Gasteiger partial charge on any atom is -0.375 e. The number of anilines is 1. The van der Waals surface area contributed by atoms with Crippen molar-refractivity contribution in [3.63, 3.8) is 0 Å². The zero-order valence-electron chi connectivity index (χ0n) is 14.1. The third-order valence-electron chi connectivity index (χ3n) is 5.59. The lowest BCUT2D eigenvalue weighted by molar-refractivity contribution is -0.133. The Labute approximate surface area is 150 Å². The molecule has 0 radical (unpaired) electrons. The van der Waals surface area contributed by atoms with Crippen LogP contribution >= 0.6 is 0 Å². The summed E-state index contributed by atoms with van der Waals surface area (Å²) in [4.78, 5) is 25.5. The molecule has 1 amide bonds. The smallest absolute Gasteiger partial charge is 0.261 e. The van der Waals surface area contributed by atoms with Crippen molar-refractivity contribution in [2.45, 2.75) is 24.9 Å². The third-order valence-corrected chi connectivity index (χ3v) is 5.59. The van der Waals surface area contributed by atoms with Crippen molar-refractivity contribution in [2.24, 2.45) is 0 Å². The number of aryl methyl sites for hydroxylation is 2. The van der Waals surface area contributed by atoms with Gasteiger partial charge in [0.05, 0.1) is 6.42 Å². The van der Waals surface area contributed by atoms with E-state index in [4.69, 9.17) is 0 Å². The van der Waals surface area contributed by atoms with Gasteiger partial charge in [0, 0.05) is 16.8 Å². The molecule has 0 aromatic heterocycles. The number of amides is 1. The molecule has 1 unspecified atom stereocenters. The summed E-state index contributed by atoms with van der Waals surface area (Å²) in [6, 6.07) is 16.8. The van der Waals surface area contributed by atoms with E-state index in [1.807, 2.05) is 24.3 Å². The average molecular weight is 343 g/mol. The fourth-order valence-electron chi connectivity index (χ4n) is 4.29. The van der Waals surface area contributed by atoms with Gasteiger partial charge in [-0.2, -0.15) is 0 Å². The molecule has 3 aromatic carbocycles. The Morgan fingerprint density at radius 2 is 1.77 bits per heavy atom. The van der Waals surface area contributed by atoms with Crippen molar-refractivity contribution >= 4 is 28.2 Å². The van der Waals surface area contributed by atoms with Crippen LogP contribution in [0.15, 0.2) is 54.6 Å². The first-order valence-corrected chi connectivity index (χ1v) is 8.78. The summed E-state index contributed by atoms with van der Waals surface area (Å²) in [6.07, 6.45) is 1.71. The number of hydrogen-bond acceptors (Lipinski definition) is 3. The van der Waals surface area contributed by atoms with Gasteiger partial charge < -0.3 is 10.4 Å². The monoisotopic (exact) mass is 343 g/mol. The average Bonchev–Trinajstić information content (AvgIpc) is 3.17. The molecule has 1 aliphatic heterocycles. The van der Waals surface area contributed by atoms with Gasteiger partial charge in [0.25, 0.3) is 5.91 Å². The molecule has 1 atom stereocenters. The highest BCUT2D eigenvalue weighted by Crippen LogP contribution is 2.40. The van der Waals surface area contributed by atoms with Crippen LogP contribution in [0.1, 0.15) is 33.5 Å². The highest BCUT2D eigenvalue weighted by Gasteiger charge is 2.46. The molecule has 4 heteroatoms. The topological polar surface area (TPSA) is 66.4 Å². The maximum absolute atomic E-state index is 13.1. The lowest BCUT2D eigenvalue weighted by Gasteiger charge is -2.20. The third kappa shape index (κ3) is 1.99. The largest absolute Gasteiger partial charge is 0.375 e. The van der Waals surface area contributed by atoms with E-state index in [1.54, 1.807) is 24.3 Å². The summed E-state index contributed by atoms with van der Waals surface area (Å²) in [5.41, 5.74) is 2.29. The highest BCUT2D eigenvalue weighted by molar-refractivity contribution is 6.14. The van der Waals surface area contributed by atoms with Crippen LogP contribution in [0, 0.1) is 0 Å². The predicted molar refractivity (Wildman–Crippen MR) is 99.3 cm³/mol. The van der Waals surface area contributed by atoms with Crippen molar-refractivity contribution in [2.75, 3.05) is 5.32 Å². The molecular weight excluding hydrogens is 326 g/mol. The fraction of sp³-hybridized carbons (Fsp3) is 0.182. The van der Waals surface area contributed by atoms with Crippen LogP contribution in [0.25, 0.3) is 10.8 Å². The molecule has 3 aromatic rings. The second kappa shape index (κ2) is 5.26. The Balaban J connectivity index is 1.59. The molecule has 0 saturated carbocycles. The van der Waals surface area contributed by atoms with Crippen LogP contribution in [0.3, 0.4) is 0 Å². The van der Waals surface area contributed by atoms with Crippen LogP contribution < -0.4 is 5.32 Å². The van der Waals surface area contributed by atoms with E-state index in [2.05, 4.69) is 11.4 Å². The van der Waals surface area contributed by atoms with Gasteiger partial charge in [0.1, 0.15) is 0 Å². The van der Waals surface area contributed by atoms with E-state index in [-0.39, 0.29) is 12.2 Å². The number of ketones is 1. The molecule has 26 heavy (non-hydrogen) atoms. The Morgan fingerprint density at radius 1 is 1.00 bits per heavy atom. The van der Waals surface area contributed by atoms with Crippen LogP contribution in [-0.4, -0.2) is 16.8 Å². The van der Waals surface area contributed by atoms with E-state index in [1.165, 1.54) is 11.1 Å². The summed E-state index contributed by atoms with van der Waals surface area (Å²) >= 11 is 0. The van der Waals surface area contributed by atoms with Crippen LogP contribution in [0.2, 0.25) is 0 Å². The number of aliphatic hydroxyl groups is 1. The van der Waals surface area contributed by atoms with Gasteiger partial charge >= 0.3 is 0 Å². The van der Waals surface area contributed by atoms with Gasteiger partial charge in [0.15, 0.2) is 11.4 Å². The lowest BCUT2D eigenvalue weighted by Crippen LogP contribution is -2.36. The van der Waals surface area contributed by atoms with Gasteiger partial charge in [-0.1, -0.05) is 48.5 Å². The first kappa shape index (κ1) is 15.3. The Morgan fingerprint density at radius 3 is 2.62 bits per heavy atom. The first-order valence-electron chi connectivity index (χ1n) is 8.78. The van der Waals surface area contributed by atoms with E-state index < -0.39 is 11.5 Å². The zero-order chi connectivity index (χ0) is 17.9. The van der Waals surface area contributed by atoms with E-state index in [0.29, 0.717) is 16.8 Å². The van der Waals surface area contributed by atoms with E-state index in [0.717, 1.165) is 23.6 Å². The van der Waals surface area contributed by atoms with Crippen molar-refractivity contribution in [3.8, 4) is 0 Å². The molecule has 0 bridgehead atoms. The second-order valence-corrected chi connectivity index (χ2v) is 7.07. The molecule has 128 valence electrons. The van der Waals surface area contributed by atoms with Crippen LogP contribution in [-0.2, 0) is 23.2 Å². The van der Waals surface area contributed by atoms with Gasteiger partial charge in [-0.25, -0.2) is 0 Å². The number of fused-ring (bicyclic) bond motifs is 1. The number of Topliss-reactive ketones (excluding diaryl/α,β-unsaturated/α-hetero) is 1. The Bertz CT molecular complexity index is 1090. The van der Waals surface area contributed by atoms with E-state index >= 15 is 0 Å². The standard InChI is InChI=1S/C22H17NO3/c24-19(12-22(26)17-6-1-2-7-18(17)23-21(22)25)15-11-10-14-9-8-13-4-3-5-16(15)20(13)14/h1-7,10-11,26H,8-9,12H2,(H,23,25). The Hall–Kier alpha value is -2.98. The molecule has 1 heterocycles. The van der Waals surface area contributed by atoms with Gasteiger partial charge in [-0.3, -0.25) is 9.59 Å². The predicted octanol–water partition coefficient (Wildman–Crippen LogP) is 3.35.